The second-order valence-electron chi connectivity index (χ2n) is 8.15. The normalized spacial score (nSPS) is 16.5. The molecular formula is C21H20N6O6S2. The summed E-state index contributed by atoms with van der Waals surface area (Å²) in [5.74, 6) is -1.18. The molecule has 14 heteroatoms. The number of carbonyl (C=O) groups is 1. The number of nitrogens with two attached hydrogens (primary N) is 1. The molecule has 3 aromatic rings. The third-order valence-corrected chi connectivity index (χ3v) is 7.83. The van der Waals surface area contributed by atoms with E-state index in [4.69, 9.17) is 10.5 Å². The Morgan fingerprint density at radius 2 is 2.14 bits per heavy atom. The summed E-state index contributed by atoms with van der Waals surface area (Å²) in [5.41, 5.74) is 4.28. The molecule has 182 valence electrons. The summed E-state index contributed by atoms with van der Waals surface area (Å²) < 4.78 is 36.2. The van der Waals surface area contributed by atoms with E-state index >= 15 is 0 Å². The number of carbonyl (C=O) groups excluding carboxylic acids is 1. The molecule has 0 bridgehead atoms. The Hall–Kier alpha value is -3.78. The molecule has 4 N–H and O–H groups in total. The summed E-state index contributed by atoms with van der Waals surface area (Å²) >= 11 is 1.22. The zero-order valence-corrected chi connectivity index (χ0v) is 19.8. The molecule has 0 radical (unpaired) electrons. The number of primary amides is 1. The number of hydrogen-bond donors (Lipinski definition) is 3. The van der Waals surface area contributed by atoms with Crippen molar-refractivity contribution in [3.8, 4) is 22.2 Å². The molecule has 0 unspecified atom stereocenters. The van der Waals surface area contributed by atoms with E-state index in [0.29, 0.717) is 11.6 Å². The van der Waals surface area contributed by atoms with Crippen LogP contribution in [0.1, 0.15) is 24.8 Å². The first kappa shape index (κ1) is 23.0. The topological polar surface area (TPSA) is 179 Å². The lowest BCUT2D eigenvalue weighted by Gasteiger charge is -2.26. The maximum atomic E-state index is 13.4. The molecule has 3 heterocycles. The van der Waals surface area contributed by atoms with E-state index in [1.54, 1.807) is 5.38 Å². The van der Waals surface area contributed by atoms with Crippen LogP contribution in [0.5, 0.6) is 11.5 Å². The standard InChI is InChI=1S/C21H20N6O6S2/c22-15(28)10-33-12-4-5-13-14(8-12)35(31,32)26-19(24-13)16-18(29)17(20-23-6-7-34-20)25-27(21(16)30)9-11-2-1-3-11/h4-8,11,29H,1-3,9-10H2,(H2,22,28)(H,24,26). The van der Waals surface area contributed by atoms with Crippen LogP contribution in [0.2, 0.25) is 0 Å². The van der Waals surface area contributed by atoms with Gasteiger partial charge in [0.15, 0.2) is 23.9 Å². The second kappa shape index (κ2) is 8.78. The van der Waals surface area contributed by atoms with Crippen molar-refractivity contribution < 1.29 is 23.1 Å². The Labute approximate surface area is 203 Å². The second-order valence-corrected chi connectivity index (χ2v) is 10.6. The lowest BCUT2D eigenvalue weighted by atomic mass is 9.85. The Bertz CT molecular complexity index is 1510. The van der Waals surface area contributed by atoms with Crippen molar-refractivity contribution in [2.75, 3.05) is 11.9 Å². The third kappa shape index (κ3) is 4.37. The Balaban J connectivity index is 1.61. The lowest BCUT2D eigenvalue weighted by Crippen LogP contribution is -2.36. The van der Waals surface area contributed by atoms with Crippen LogP contribution in [-0.2, 0) is 21.4 Å². The number of aromatic hydroxyl groups is 1. The first-order chi connectivity index (χ1) is 16.7. The molecule has 0 atom stereocenters. The average molecular weight is 517 g/mol. The minimum Gasteiger partial charge on any atom is -0.505 e. The fourth-order valence-corrected chi connectivity index (χ4v) is 5.55. The fraction of sp³-hybridized carbons (Fsp3) is 0.286. The first-order valence-electron chi connectivity index (χ1n) is 10.6. The van der Waals surface area contributed by atoms with Gasteiger partial charge in [-0.15, -0.1) is 15.7 Å². The van der Waals surface area contributed by atoms with Gasteiger partial charge < -0.3 is 20.9 Å². The van der Waals surface area contributed by atoms with Crippen LogP contribution in [0.25, 0.3) is 10.7 Å². The van der Waals surface area contributed by atoms with Crippen LogP contribution in [0.15, 0.2) is 43.9 Å². The van der Waals surface area contributed by atoms with E-state index in [-0.39, 0.29) is 39.3 Å². The molecule has 5 rings (SSSR count). The van der Waals surface area contributed by atoms with E-state index in [0.717, 1.165) is 19.3 Å². The van der Waals surface area contributed by atoms with E-state index in [2.05, 4.69) is 19.8 Å². The number of amidine groups is 1. The van der Waals surface area contributed by atoms with Gasteiger partial charge in [0.2, 0.25) is 0 Å². The molecule has 35 heavy (non-hydrogen) atoms. The monoisotopic (exact) mass is 516 g/mol. The number of benzene rings is 1. The molecule has 1 aromatic carbocycles. The number of amides is 1. The molecule has 12 nitrogen and oxygen atoms in total. The summed E-state index contributed by atoms with van der Waals surface area (Å²) in [5, 5.41) is 20.3. The number of nitrogens with one attached hydrogen (secondary N) is 1. The molecule has 1 fully saturated rings. The van der Waals surface area contributed by atoms with Gasteiger partial charge >= 0.3 is 0 Å². The van der Waals surface area contributed by atoms with Gasteiger partial charge in [-0.25, -0.2) is 9.67 Å². The molecule has 2 aliphatic rings. The number of anilines is 1. The summed E-state index contributed by atoms with van der Waals surface area (Å²) in [6.45, 7) is -0.0899. The highest BCUT2D eigenvalue weighted by Crippen LogP contribution is 2.35. The van der Waals surface area contributed by atoms with Gasteiger partial charge in [-0.3, -0.25) is 9.59 Å². The van der Waals surface area contributed by atoms with E-state index in [1.165, 1.54) is 40.4 Å². The first-order valence-corrected chi connectivity index (χ1v) is 13.0. The minimum atomic E-state index is -4.29. The summed E-state index contributed by atoms with van der Waals surface area (Å²) in [6, 6.07) is 4.05. The quantitative estimate of drug-likeness (QED) is 0.417. The molecule has 1 saturated carbocycles. The van der Waals surface area contributed by atoms with Crippen LogP contribution < -0.4 is 21.3 Å². The third-order valence-electron chi connectivity index (χ3n) is 5.73. The van der Waals surface area contributed by atoms with Gasteiger partial charge in [-0.05, 0) is 30.9 Å². The highest BCUT2D eigenvalue weighted by Gasteiger charge is 2.32. The number of sulfonamides is 1. The Morgan fingerprint density at radius 3 is 2.80 bits per heavy atom. The summed E-state index contributed by atoms with van der Waals surface area (Å²) in [6.07, 6.45) is 4.52. The van der Waals surface area contributed by atoms with Crippen LogP contribution >= 0.6 is 11.3 Å². The number of rotatable bonds is 7. The number of fused-ring (bicyclic) bond motifs is 1. The van der Waals surface area contributed by atoms with Gasteiger partial charge in [0.1, 0.15) is 21.2 Å². The summed E-state index contributed by atoms with van der Waals surface area (Å²) in [7, 11) is -4.29. The molecule has 1 aliphatic heterocycles. The molecule has 1 amide bonds. The van der Waals surface area contributed by atoms with Crippen LogP contribution in [0, 0.1) is 5.92 Å². The number of nitrogens with zero attached hydrogens (tertiary/aromatic N) is 4. The predicted octanol–water partition coefficient (Wildman–Crippen LogP) is 1.30. The van der Waals surface area contributed by atoms with Crippen LogP contribution in [-0.4, -0.2) is 46.6 Å². The maximum absolute atomic E-state index is 13.4. The largest absolute Gasteiger partial charge is 0.505 e. The SMILES string of the molecule is NC(=O)COc1ccc2c(c1)S(=O)(=O)N=C(c1c(O)c(-c3nccs3)nn(CC3CCC3)c1=O)N2. The zero-order valence-electron chi connectivity index (χ0n) is 18.2. The van der Waals surface area contributed by atoms with Crippen molar-refractivity contribution in [1.29, 1.82) is 0 Å². The van der Waals surface area contributed by atoms with E-state index < -0.39 is 33.8 Å². The lowest BCUT2D eigenvalue weighted by molar-refractivity contribution is -0.119. The molecule has 0 spiro atoms. The Morgan fingerprint density at radius 1 is 1.34 bits per heavy atom. The number of hydrogen-bond acceptors (Lipinski definition) is 10. The molecular weight excluding hydrogens is 496 g/mol. The van der Waals surface area contributed by atoms with Crippen molar-refractivity contribution in [3.63, 3.8) is 0 Å². The van der Waals surface area contributed by atoms with Crippen molar-refractivity contribution in [2.45, 2.75) is 30.7 Å². The number of thiazole rings is 1. The van der Waals surface area contributed by atoms with Crippen molar-refractivity contribution in [1.82, 2.24) is 14.8 Å². The fourth-order valence-electron chi connectivity index (χ4n) is 3.80. The smallest absolute Gasteiger partial charge is 0.286 e. The van der Waals surface area contributed by atoms with Crippen LogP contribution in [0.4, 0.5) is 5.69 Å². The van der Waals surface area contributed by atoms with Crippen molar-refractivity contribution in [2.24, 2.45) is 16.0 Å². The van der Waals surface area contributed by atoms with E-state index in [9.17, 15) is 23.1 Å². The van der Waals surface area contributed by atoms with Crippen molar-refractivity contribution >= 4 is 38.8 Å². The average Bonchev–Trinajstić information content (AvgIpc) is 3.30. The number of ether oxygens (including phenoxy) is 1. The molecule has 0 saturated heterocycles. The van der Waals surface area contributed by atoms with Gasteiger partial charge in [-0.1, -0.05) is 6.42 Å². The highest BCUT2D eigenvalue weighted by molar-refractivity contribution is 7.90. The van der Waals surface area contributed by atoms with Crippen LogP contribution in [0.3, 0.4) is 0 Å². The maximum Gasteiger partial charge on any atom is 0.286 e. The van der Waals surface area contributed by atoms with Gasteiger partial charge in [0, 0.05) is 24.2 Å². The molecule has 1 aliphatic carbocycles. The molecule has 2 aromatic heterocycles. The zero-order chi connectivity index (χ0) is 24.7. The Kier molecular flexibility index (Phi) is 5.76. The van der Waals surface area contributed by atoms with Gasteiger partial charge in [0.25, 0.3) is 21.5 Å². The summed E-state index contributed by atoms with van der Waals surface area (Å²) in [4.78, 5) is 28.3. The van der Waals surface area contributed by atoms with E-state index in [1.807, 2.05) is 0 Å². The van der Waals surface area contributed by atoms with Gasteiger partial charge in [0.05, 0.1) is 5.69 Å². The van der Waals surface area contributed by atoms with Gasteiger partial charge in [-0.2, -0.15) is 13.5 Å². The van der Waals surface area contributed by atoms with Crippen molar-refractivity contribution in [3.05, 3.63) is 45.7 Å². The highest BCUT2D eigenvalue weighted by atomic mass is 32.2. The minimum absolute atomic E-state index is 0.0665. The predicted molar refractivity (Wildman–Crippen MR) is 127 cm³/mol. The number of aromatic nitrogens is 3.